The molecule has 0 bridgehead atoms. The van der Waals surface area contributed by atoms with Gasteiger partial charge in [0.15, 0.2) is 0 Å². The quantitative estimate of drug-likeness (QED) is 0.694. The topological polar surface area (TPSA) is 51.4 Å². The lowest BCUT2D eigenvalue weighted by molar-refractivity contribution is -0.897. The average Bonchev–Trinajstić information content (AvgIpc) is 3.26. The van der Waals surface area contributed by atoms with Crippen molar-refractivity contribution in [3.8, 4) is 11.4 Å². The largest absolute Gasteiger partial charge is 0.350 e. The van der Waals surface area contributed by atoms with Crippen molar-refractivity contribution < 1.29 is 14.1 Å². The summed E-state index contributed by atoms with van der Waals surface area (Å²) in [6.45, 7) is 4.26. The summed E-state index contributed by atoms with van der Waals surface area (Å²) < 4.78 is 16.0. The number of aromatic nitrogens is 2. The molecule has 1 aromatic heterocycles. The monoisotopic (exact) mass is 363 g/mol. The Morgan fingerprint density at radius 3 is 2.70 bits per heavy atom. The smallest absolute Gasteiger partial charge is 0.253 e. The second kappa shape index (κ2) is 6.32. The fourth-order valence-electron chi connectivity index (χ4n) is 4.01. The van der Waals surface area contributed by atoms with Crippen LogP contribution in [-0.2, 0) is 13.1 Å². The van der Waals surface area contributed by atoms with E-state index in [0.29, 0.717) is 29.7 Å². The van der Waals surface area contributed by atoms with Crippen molar-refractivity contribution in [2.45, 2.75) is 13.1 Å². The van der Waals surface area contributed by atoms with Crippen LogP contribution in [0.15, 0.2) is 48.6 Å². The maximum absolute atomic E-state index is 14.0. The van der Waals surface area contributed by atoms with Gasteiger partial charge < -0.3 is 14.8 Å². The number of hydrogen-bond donors (Lipinski definition) is 2. The highest BCUT2D eigenvalue weighted by Crippen LogP contribution is 2.29. The lowest BCUT2D eigenvalue weighted by atomic mass is 10.1. The van der Waals surface area contributed by atoms with Gasteiger partial charge in [0.1, 0.15) is 18.2 Å². The summed E-state index contributed by atoms with van der Waals surface area (Å²) in [7, 11) is 0. The van der Waals surface area contributed by atoms with Crippen molar-refractivity contribution in [2.24, 2.45) is 0 Å². The first-order valence-electron chi connectivity index (χ1n) is 9.25. The van der Waals surface area contributed by atoms with Crippen LogP contribution < -0.4 is 10.2 Å². The third-order valence-electron chi connectivity index (χ3n) is 5.32. The summed E-state index contributed by atoms with van der Waals surface area (Å²) >= 11 is 0. The Kier molecular flexibility index (Phi) is 3.79. The number of rotatable bonds is 3. The Hall–Kier alpha value is -2.99. The first kappa shape index (κ1) is 16.2. The van der Waals surface area contributed by atoms with E-state index in [0.717, 1.165) is 31.0 Å². The zero-order valence-electron chi connectivity index (χ0n) is 14.8. The predicted molar refractivity (Wildman–Crippen MR) is 101 cm³/mol. The number of hydrogen-bond acceptors (Lipinski definition) is 2. The molecule has 2 aromatic carbocycles. The van der Waals surface area contributed by atoms with Crippen LogP contribution in [0.4, 0.5) is 4.39 Å². The molecule has 0 aliphatic carbocycles. The van der Waals surface area contributed by atoms with E-state index in [2.05, 4.69) is 46.7 Å². The van der Waals surface area contributed by atoms with E-state index in [-0.39, 0.29) is 5.91 Å². The van der Waals surface area contributed by atoms with E-state index in [1.165, 1.54) is 22.6 Å². The van der Waals surface area contributed by atoms with E-state index in [1.807, 2.05) is 4.57 Å². The van der Waals surface area contributed by atoms with Gasteiger partial charge in [0.05, 0.1) is 29.7 Å². The SMILES string of the molecule is O=C1NCCn2c(-c3ccc(C[NH+]4CC=CC4)cc3)nc3cc(F)cc1c32. The minimum Gasteiger partial charge on any atom is -0.350 e. The van der Waals surface area contributed by atoms with Crippen LogP contribution in [0.25, 0.3) is 22.4 Å². The summed E-state index contributed by atoms with van der Waals surface area (Å²) in [4.78, 5) is 18.5. The lowest BCUT2D eigenvalue weighted by Crippen LogP contribution is -3.08. The molecule has 2 N–H and O–H groups in total. The molecule has 2 aliphatic rings. The van der Waals surface area contributed by atoms with Gasteiger partial charge in [0.25, 0.3) is 5.91 Å². The van der Waals surface area contributed by atoms with Crippen LogP contribution in [0.2, 0.25) is 0 Å². The molecule has 0 spiro atoms. The fourth-order valence-corrected chi connectivity index (χ4v) is 4.01. The molecule has 1 amide bonds. The number of carbonyl (C=O) groups is 1. The Morgan fingerprint density at radius 2 is 1.93 bits per heavy atom. The minimum atomic E-state index is -0.441. The van der Waals surface area contributed by atoms with Gasteiger partial charge in [-0.15, -0.1) is 0 Å². The van der Waals surface area contributed by atoms with Gasteiger partial charge in [0, 0.05) is 30.3 Å². The zero-order chi connectivity index (χ0) is 18.4. The van der Waals surface area contributed by atoms with Crippen LogP contribution in [0, 0.1) is 5.82 Å². The zero-order valence-corrected chi connectivity index (χ0v) is 14.8. The number of nitrogens with one attached hydrogen (secondary N) is 2. The van der Waals surface area contributed by atoms with E-state index in [4.69, 9.17) is 0 Å². The van der Waals surface area contributed by atoms with Gasteiger partial charge in [-0.2, -0.15) is 0 Å². The second-order valence-corrected chi connectivity index (χ2v) is 7.17. The summed E-state index contributed by atoms with van der Waals surface area (Å²) in [6.07, 6.45) is 4.44. The van der Waals surface area contributed by atoms with Crippen LogP contribution >= 0.6 is 0 Å². The van der Waals surface area contributed by atoms with Gasteiger partial charge in [-0.1, -0.05) is 24.3 Å². The van der Waals surface area contributed by atoms with Crippen molar-refractivity contribution in [1.82, 2.24) is 14.9 Å². The Morgan fingerprint density at radius 1 is 1.15 bits per heavy atom. The van der Waals surface area contributed by atoms with E-state index >= 15 is 0 Å². The van der Waals surface area contributed by atoms with E-state index < -0.39 is 5.82 Å². The number of halogens is 1. The van der Waals surface area contributed by atoms with Gasteiger partial charge in [0.2, 0.25) is 0 Å². The highest BCUT2D eigenvalue weighted by Gasteiger charge is 2.23. The number of quaternary nitrogens is 1. The molecule has 0 radical (unpaired) electrons. The minimum absolute atomic E-state index is 0.248. The standard InChI is InChI=1S/C21H19FN4O/c22-16-11-17-19-18(12-16)24-20(26(19)10-7-23-21(17)27)15-5-3-14(4-6-15)13-25-8-1-2-9-25/h1-6,11-12H,7-10,13H2,(H,23,27)/p+1. The molecule has 5 nitrogen and oxygen atoms in total. The molecule has 0 atom stereocenters. The summed E-state index contributed by atoms with van der Waals surface area (Å²) in [5.74, 6) is 0.0839. The Labute approximate surface area is 156 Å². The molecule has 0 saturated carbocycles. The lowest BCUT2D eigenvalue weighted by Gasteiger charge is -2.12. The average molecular weight is 363 g/mol. The van der Waals surface area contributed by atoms with Crippen molar-refractivity contribution in [2.75, 3.05) is 19.6 Å². The molecule has 3 aromatic rings. The van der Waals surface area contributed by atoms with Gasteiger partial charge in [-0.3, -0.25) is 4.79 Å². The van der Waals surface area contributed by atoms with Crippen molar-refractivity contribution in [3.63, 3.8) is 0 Å². The molecule has 3 heterocycles. The first-order valence-corrected chi connectivity index (χ1v) is 9.25. The highest BCUT2D eigenvalue weighted by atomic mass is 19.1. The van der Waals surface area contributed by atoms with E-state index in [9.17, 15) is 9.18 Å². The third kappa shape index (κ3) is 2.82. The number of nitrogens with zero attached hydrogens (tertiary/aromatic N) is 2. The van der Waals surface area contributed by atoms with Crippen LogP contribution in [0.5, 0.6) is 0 Å². The van der Waals surface area contributed by atoms with Crippen molar-refractivity contribution in [1.29, 1.82) is 0 Å². The number of amides is 1. The molecule has 0 unspecified atom stereocenters. The number of benzene rings is 2. The third-order valence-corrected chi connectivity index (χ3v) is 5.32. The Bertz CT molecular complexity index is 1060. The van der Waals surface area contributed by atoms with Gasteiger partial charge in [-0.25, -0.2) is 9.37 Å². The molecular weight excluding hydrogens is 343 g/mol. The summed E-state index contributed by atoms with van der Waals surface area (Å²) in [6, 6.07) is 11.1. The van der Waals surface area contributed by atoms with E-state index in [1.54, 1.807) is 0 Å². The predicted octanol–water partition coefficient (Wildman–Crippen LogP) is 1.54. The fraction of sp³-hybridized carbons (Fsp3) is 0.238. The van der Waals surface area contributed by atoms with Gasteiger partial charge >= 0.3 is 0 Å². The van der Waals surface area contributed by atoms with Gasteiger partial charge in [-0.05, 0) is 18.2 Å². The normalized spacial score (nSPS) is 16.7. The maximum Gasteiger partial charge on any atom is 0.253 e. The Balaban J connectivity index is 1.55. The van der Waals surface area contributed by atoms with Crippen molar-refractivity contribution in [3.05, 3.63) is 65.5 Å². The molecule has 27 heavy (non-hydrogen) atoms. The highest BCUT2D eigenvalue weighted by molar-refractivity contribution is 6.06. The summed E-state index contributed by atoms with van der Waals surface area (Å²) in [5.41, 5.74) is 3.84. The summed E-state index contributed by atoms with van der Waals surface area (Å²) in [5, 5.41) is 2.83. The maximum atomic E-state index is 14.0. The molecule has 136 valence electrons. The molecule has 5 rings (SSSR count). The molecule has 2 aliphatic heterocycles. The number of imidazole rings is 1. The first-order chi connectivity index (χ1) is 13.2. The number of carbonyl (C=O) groups excluding carboxylic acids is 1. The molecular formula is C21H20FN4O+. The molecule has 6 heteroatoms. The van der Waals surface area contributed by atoms with Crippen LogP contribution in [0.1, 0.15) is 15.9 Å². The van der Waals surface area contributed by atoms with Crippen molar-refractivity contribution >= 4 is 16.9 Å². The van der Waals surface area contributed by atoms with Crippen LogP contribution in [-0.4, -0.2) is 35.1 Å². The molecule has 0 fully saturated rings. The second-order valence-electron chi connectivity index (χ2n) is 7.17. The molecule has 0 saturated heterocycles. The van der Waals surface area contributed by atoms with Crippen LogP contribution in [0.3, 0.4) is 0 Å².